The highest BCUT2D eigenvalue weighted by Crippen LogP contribution is 2.32. The second kappa shape index (κ2) is 12.1. The number of carbonyl (C=O) groups is 3. The van der Waals surface area contributed by atoms with Crippen LogP contribution < -0.4 is 15.4 Å². The highest BCUT2D eigenvalue weighted by atomic mass is 19.4. The Kier molecular flexibility index (Phi) is 9.11. The summed E-state index contributed by atoms with van der Waals surface area (Å²) < 4.78 is 46.6. The van der Waals surface area contributed by atoms with E-state index in [2.05, 4.69) is 4.74 Å². The normalized spacial score (nSPS) is 18.2. The molecule has 2 atom stereocenters. The van der Waals surface area contributed by atoms with Crippen LogP contribution in [0.2, 0.25) is 0 Å². The van der Waals surface area contributed by atoms with Gasteiger partial charge in [0.25, 0.3) is 0 Å². The van der Waals surface area contributed by atoms with Crippen molar-refractivity contribution in [2.24, 2.45) is 11.7 Å². The molecule has 2 aromatic carbocycles. The van der Waals surface area contributed by atoms with E-state index in [0.29, 0.717) is 25.1 Å². The lowest BCUT2D eigenvalue weighted by molar-refractivity contribution is -0.274. The van der Waals surface area contributed by atoms with Crippen molar-refractivity contribution in [2.75, 3.05) is 24.6 Å². The predicted octanol–water partition coefficient (Wildman–Crippen LogP) is 3.97. The largest absolute Gasteiger partial charge is 0.573 e. The first-order valence-electron chi connectivity index (χ1n) is 11.7. The van der Waals surface area contributed by atoms with Gasteiger partial charge in [-0.1, -0.05) is 19.1 Å². The number of urea groups is 1. The second-order valence-corrected chi connectivity index (χ2v) is 8.49. The van der Waals surface area contributed by atoms with E-state index in [1.165, 1.54) is 24.3 Å². The number of aliphatic hydroxyl groups is 1. The Labute approximate surface area is 211 Å². The molecule has 200 valence electrons. The fraction of sp³-hybridized carbons (Fsp3) is 0.400. The number of hydrogen-bond donors (Lipinski definition) is 2. The fourth-order valence-electron chi connectivity index (χ4n) is 4.30. The summed E-state index contributed by atoms with van der Waals surface area (Å²) >= 11 is 0. The van der Waals surface area contributed by atoms with Gasteiger partial charge >= 0.3 is 18.4 Å². The van der Waals surface area contributed by atoms with Gasteiger partial charge in [-0.3, -0.25) is 14.6 Å². The van der Waals surface area contributed by atoms with Gasteiger partial charge in [-0.2, -0.15) is 0 Å². The number of nitrogens with two attached hydrogens (primary N) is 1. The topological polar surface area (TPSA) is 122 Å². The molecule has 0 aliphatic carbocycles. The van der Waals surface area contributed by atoms with Crippen molar-refractivity contribution in [3.63, 3.8) is 0 Å². The predicted molar refractivity (Wildman–Crippen MR) is 127 cm³/mol. The summed E-state index contributed by atoms with van der Waals surface area (Å²) in [6.07, 6.45) is -3.92. The molecule has 2 unspecified atom stereocenters. The lowest BCUT2D eigenvalue weighted by Crippen LogP contribution is -2.47. The van der Waals surface area contributed by atoms with Crippen LogP contribution in [0.15, 0.2) is 48.5 Å². The number of ketones is 1. The molecule has 1 aliphatic rings. The minimum atomic E-state index is -4.86. The Balaban J connectivity index is 1.81. The number of alkyl halides is 3. The number of aliphatic hydroxyl groups excluding tert-OH is 1. The van der Waals surface area contributed by atoms with E-state index in [-0.39, 0.29) is 23.6 Å². The smallest absolute Gasteiger partial charge is 0.445 e. The Morgan fingerprint density at radius 1 is 1.14 bits per heavy atom. The monoisotopic (exact) mass is 523 g/mol. The SMILES string of the molecule is CCCN1CCC(C(=O)c2cccc(N(C(N)=O)c3ccc(OC(F)(F)F)cc3)c2)CC1OC(=O)CO. The first-order chi connectivity index (χ1) is 17.5. The standard InChI is InChI=1S/C25H28F3N3O6/c1-2-11-30-12-10-17(14-21(30)36-22(33)15-32)23(34)16-4-3-5-19(13-16)31(24(29)35)18-6-8-20(9-7-18)37-25(26,27)28/h3-9,13,17,21,32H,2,10-12,14-15H2,1H3,(H2,29,35). The number of benzene rings is 2. The lowest BCUT2D eigenvalue weighted by Gasteiger charge is -2.38. The summed E-state index contributed by atoms with van der Waals surface area (Å²) in [5.41, 5.74) is 6.26. The molecule has 9 nitrogen and oxygen atoms in total. The summed E-state index contributed by atoms with van der Waals surface area (Å²) in [7, 11) is 0. The van der Waals surface area contributed by atoms with Crippen LogP contribution in [0.3, 0.4) is 0 Å². The molecule has 2 aromatic rings. The molecule has 37 heavy (non-hydrogen) atoms. The number of amides is 2. The molecule has 0 radical (unpaired) electrons. The third kappa shape index (κ3) is 7.43. The molecule has 0 spiro atoms. The molecule has 1 fully saturated rings. The minimum Gasteiger partial charge on any atom is -0.445 e. The molecule has 0 bridgehead atoms. The number of anilines is 2. The summed E-state index contributed by atoms with van der Waals surface area (Å²) in [5, 5.41) is 9.06. The summed E-state index contributed by atoms with van der Waals surface area (Å²) in [6, 6.07) is 9.83. The van der Waals surface area contributed by atoms with Gasteiger partial charge in [0.2, 0.25) is 0 Å². The van der Waals surface area contributed by atoms with E-state index in [0.717, 1.165) is 23.5 Å². The van der Waals surface area contributed by atoms with E-state index in [1.54, 1.807) is 12.1 Å². The van der Waals surface area contributed by atoms with E-state index < -0.39 is 42.9 Å². The third-order valence-corrected chi connectivity index (χ3v) is 5.87. The van der Waals surface area contributed by atoms with Gasteiger partial charge in [-0.05, 0) is 49.2 Å². The van der Waals surface area contributed by atoms with Crippen LogP contribution >= 0.6 is 0 Å². The Hall–Kier alpha value is -3.64. The van der Waals surface area contributed by atoms with Crippen molar-refractivity contribution in [2.45, 2.75) is 38.8 Å². The number of Topliss-reactive ketones (excluding diaryl/α,β-unsaturated/α-hetero) is 1. The maximum atomic E-state index is 13.4. The van der Waals surface area contributed by atoms with Crippen LogP contribution in [0.1, 0.15) is 36.5 Å². The van der Waals surface area contributed by atoms with Gasteiger partial charge < -0.3 is 20.3 Å². The molecule has 2 amide bonds. The Morgan fingerprint density at radius 3 is 2.43 bits per heavy atom. The number of piperidine rings is 1. The maximum absolute atomic E-state index is 13.4. The molecule has 1 saturated heterocycles. The van der Waals surface area contributed by atoms with Crippen molar-refractivity contribution < 1.29 is 42.1 Å². The first kappa shape index (κ1) is 27.9. The Morgan fingerprint density at radius 2 is 1.84 bits per heavy atom. The number of likely N-dealkylation sites (tertiary alicyclic amines) is 1. The summed E-state index contributed by atoms with van der Waals surface area (Å²) in [4.78, 5) is 40.3. The summed E-state index contributed by atoms with van der Waals surface area (Å²) in [6.45, 7) is 2.41. The van der Waals surface area contributed by atoms with Gasteiger partial charge in [0.15, 0.2) is 12.0 Å². The fourth-order valence-corrected chi connectivity index (χ4v) is 4.30. The molecule has 3 N–H and O–H groups in total. The van der Waals surface area contributed by atoms with Crippen LogP contribution in [0.4, 0.5) is 29.3 Å². The summed E-state index contributed by atoms with van der Waals surface area (Å²) in [5.74, 6) is -1.93. The van der Waals surface area contributed by atoms with E-state index in [4.69, 9.17) is 15.6 Å². The van der Waals surface area contributed by atoms with Gasteiger partial charge in [0.05, 0.1) is 11.4 Å². The molecule has 3 rings (SSSR count). The number of hydrogen-bond acceptors (Lipinski definition) is 7. The van der Waals surface area contributed by atoms with Crippen LogP contribution in [0.5, 0.6) is 5.75 Å². The zero-order chi connectivity index (χ0) is 27.2. The van der Waals surface area contributed by atoms with Gasteiger partial charge in [0, 0.05) is 31.0 Å². The average molecular weight is 524 g/mol. The lowest BCUT2D eigenvalue weighted by atomic mass is 9.87. The van der Waals surface area contributed by atoms with E-state index >= 15 is 0 Å². The van der Waals surface area contributed by atoms with E-state index in [1.807, 2.05) is 11.8 Å². The molecule has 1 heterocycles. The average Bonchev–Trinajstić information content (AvgIpc) is 2.85. The molecular weight excluding hydrogens is 495 g/mol. The van der Waals surface area contributed by atoms with Crippen LogP contribution in [-0.4, -0.2) is 60.1 Å². The van der Waals surface area contributed by atoms with Crippen LogP contribution in [0.25, 0.3) is 0 Å². The zero-order valence-corrected chi connectivity index (χ0v) is 20.1. The van der Waals surface area contributed by atoms with Gasteiger partial charge in [0.1, 0.15) is 12.4 Å². The number of carbonyl (C=O) groups excluding carboxylic acids is 3. The van der Waals surface area contributed by atoms with Crippen molar-refractivity contribution in [1.82, 2.24) is 4.90 Å². The zero-order valence-electron chi connectivity index (χ0n) is 20.1. The molecule has 0 aromatic heterocycles. The first-order valence-corrected chi connectivity index (χ1v) is 11.7. The number of nitrogens with zero attached hydrogens (tertiary/aromatic N) is 2. The number of halogens is 3. The maximum Gasteiger partial charge on any atom is 0.573 e. The minimum absolute atomic E-state index is 0.176. The molecule has 12 heteroatoms. The molecule has 1 aliphatic heterocycles. The quantitative estimate of drug-likeness (QED) is 0.377. The third-order valence-electron chi connectivity index (χ3n) is 5.87. The van der Waals surface area contributed by atoms with Crippen molar-refractivity contribution in [3.8, 4) is 5.75 Å². The molecule has 0 saturated carbocycles. The van der Waals surface area contributed by atoms with Crippen LogP contribution in [0, 0.1) is 5.92 Å². The molecular formula is C25H28F3N3O6. The van der Waals surface area contributed by atoms with Crippen LogP contribution in [-0.2, 0) is 9.53 Å². The number of esters is 1. The van der Waals surface area contributed by atoms with Gasteiger partial charge in [-0.15, -0.1) is 13.2 Å². The van der Waals surface area contributed by atoms with Crippen molar-refractivity contribution in [1.29, 1.82) is 0 Å². The number of rotatable bonds is 9. The second-order valence-electron chi connectivity index (χ2n) is 8.49. The van der Waals surface area contributed by atoms with E-state index in [9.17, 15) is 27.6 Å². The number of ether oxygens (including phenoxy) is 2. The van der Waals surface area contributed by atoms with Gasteiger partial charge in [-0.25, -0.2) is 9.59 Å². The number of primary amides is 1. The van der Waals surface area contributed by atoms with Crippen molar-refractivity contribution in [3.05, 3.63) is 54.1 Å². The van der Waals surface area contributed by atoms with Crippen molar-refractivity contribution >= 4 is 29.2 Å². The highest BCUT2D eigenvalue weighted by Gasteiger charge is 2.35. The highest BCUT2D eigenvalue weighted by molar-refractivity contribution is 6.02. The Bertz CT molecular complexity index is 1110.